The molecule has 1 amide bonds. The largest absolute Gasteiger partial charge is 0.340 e. The molecule has 6 nitrogen and oxygen atoms in total. The number of carbonyl (C=O) groups excluding carboxylic acids is 1. The molecule has 1 N–H and O–H groups in total. The van der Waals surface area contributed by atoms with Crippen LogP contribution in [-0.4, -0.2) is 62.3 Å². The minimum atomic E-state index is -3.57. The second-order valence-corrected chi connectivity index (χ2v) is 9.14. The first-order valence-electron chi connectivity index (χ1n) is 8.66. The number of benzene rings is 1. The molecule has 0 saturated carbocycles. The monoisotopic (exact) mass is 385 g/mol. The highest BCUT2D eigenvalue weighted by Gasteiger charge is 2.33. The normalized spacial score (nSPS) is 25.8. The molecule has 0 unspecified atom stereocenters. The molecule has 0 spiro atoms. The van der Waals surface area contributed by atoms with Crippen LogP contribution in [0, 0.1) is 5.92 Å². The number of sulfonamides is 1. The number of piperidine rings is 1. The molecule has 2 heterocycles. The van der Waals surface area contributed by atoms with Gasteiger partial charge in [0.05, 0.1) is 4.90 Å². The third-order valence-corrected chi connectivity index (χ3v) is 7.09. The van der Waals surface area contributed by atoms with Crippen LogP contribution in [0.15, 0.2) is 29.2 Å². The lowest BCUT2D eigenvalue weighted by atomic mass is 9.92. The van der Waals surface area contributed by atoms with E-state index in [1.54, 1.807) is 18.2 Å². The van der Waals surface area contributed by atoms with Gasteiger partial charge in [0.15, 0.2) is 0 Å². The number of rotatable bonds is 3. The second kappa shape index (κ2) is 7.61. The summed E-state index contributed by atoms with van der Waals surface area (Å²) in [6.45, 7) is 4.48. The molecule has 1 aromatic rings. The highest BCUT2D eigenvalue weighted by Crippen LogP contribution is 2.23. The van der Waals surface area contributed by atoms with E-state index in [0.29, 0.717) is 37.2 Å². The Kier molecular flexibility index (Phi) is 5.68. The molecule has 2 aliphatic rings. The number of nitrogens with zero attached hydrogens (tertiary/aromatic N) is 2. The Labute approximate surface area is 154 Å². The molecular formula is C17H24ClN3O3S. The summed E-state index contributed by atoms with van der Waals surface area (Å²) in [4.78, 5) is 14.7. The summed E-state index contributed by atoms with van der Waals surface area (Å²) in [5.41, 5.74) is 0. The number of amides is 1. The van der Waals surface area contributed by atoms with Gasteiger partial charge >= 0.3 is 0 Å². The summed E-state index contributed by atoms with van der Waals surface area (Å²) in [7, 11) is -3.57. The summed E-state index contributed by atoms with van der Waals surface area (Å²) >= 11 is 5.91. The van der Waals surface area contributed by atoms with E-state index in [4.69, 9.17) is 11.6 Å². The number of nitrogens with one attached hydrogen (secondary N) is 1. The van der Waals surface area contributed by atoms with Crippen molar-refractivity contribution in [3.63, 3.8) is 0 Å². The summed E-state index contributed by atoms with van der Waals surface area (Å²) in [6.07, 6.45) is 1.70. The highest BCUT2D eigenvalue weighted by molar-refractivity contribution is 7.89. The van der Waals surface area contributed by atoms with Crippen molar-refractivity contribution in [1.82, 2.24) is 14.5 Å². The zero-order chi connectivity index (χ0) is 18.0. The third-order valence-electron chi connectivity index (χ3n) is 4.96. The van der Waals surface area contributed by atoms with Crippen LogP contribution in [0.3, 0.4) is 0 Å². The van der Waals surface area contributed by atoms with Crippen molar-refractivity contribution in [3.05, 3.63) is 29.3 Å². The zero-order valence-electron chi connectivity index (χ0n) is 14.3. The topological polar surface area (TPSA) is 69.7 Å². The number of hydrogen-bond donors (Lipinski definition) is 1. The fraction of sp³-hybridized carbons (Fsp3) is 0.588. The molecule has 3 rings (SSSR count). The van der Waals surface area contributed by atoms with Crippen LogP contribution >= 0.6 is 11.6 Å². The average Bonchev–Trinajstić information content (AvgIpc) is 2.61. The van der Waals surface area contributed by atoms with Gasteiger partial charge in [0.1, 0.15) is 0 Å². The quantitative estimate of drug-likeness (QED) is 0.857. The van der Waals surface area contributed by atoms with Gasteiger partial charge in [-0.15, -0.1) is 0 Å². The Morgan fingerprint density at radius 1 is 1.24 bits per heavy atom. The molecule has 0 aromatic heterocycles. The summed E-state index contributed by atoms with van der Waals surface area (Å²) < 4.78 is 26.9. The van der Waals surface area contributed by atoms with Gasteiger partial charge in [0, 0.05) is 43.2 Å². The van der Waals surface area contributed by atoms with Crippen LogP contribution in [0.25, 0.3) is 0 Å². The first kappa shape index (κ1) is 18.6. The molecule has 0 radical (unpaired) electrons. The standard InChI is InChI=1S/C17H24ClN3O3S/c1-13-11-14(5-6-19-13)17(22)20-7-9-21(10-8-20)25(23,24)16-4-2-3-15(18)12-16/h2-4,12-14,19H,5-11H2,1H3/t13-,14-/m0/s1. The van der Waals surface area contributed by atoms with Gasteiger partial charge in [-0.1, -0.05) is 17.7 Å². The smallest absolute Gasteiger partial charge is 0.243 e. The third kappa shape index (κ3) is 4.16. The van der Waals surface area contributed by atoms with Gasteiger partial charge in [0.2, 0.25) is 15.9 Å². The maximum absolute atomic E-state index is 12.7. The van der Waals surface area contributed by atoms with Gasteiger partial charge in [-0.3, -0.25) is 4.79 Å². The summed E-state index contributed by atoms with van der Waals surface area (Å²) in [6, 6.07) is 6.65. The molecular weight excluding hydrogens is 362 g/mol. The van der Waals surface area contributed by atoms with Crippen LogP contribution in [0.2, 0.25) is 5.02 Å². The van der Waals surface area contributed by atoms with E-state index in [0.717, 1.165) is 19.4 Å². The molecule has 2 fully saturated rings. The Balaban J connectivity index is 1.62. The van der Waals surface area contributed by atoms with Crippen molar-refractivity contribution in [2.45, 2.75) is 30.7 Å². The number of halogens is 1. The first-order valence-corrected chi connectivity index (χ1v) is 10.5. The molecule has 2 saturated heterocycles. The Morgan fingerprint density at radius 2 is 1.96 bits per heavy atom. The van der Waals surface area contributed by atoms with Crippen LogP contribution in [0.5, 0.6) is 0 Å². The lowest BCUT2D eigenvalue weighted by molar-refractivity contribution is -0.137. The maximum atomic E-state index is 12.7. The molecule has 0 aliphatic carbocycles. The predicted octanol–water partition coefficient (Wildman–Crippen LogP) is 1.56. The van der Waals surface area contributed by atoms with Crippen molar-refractivity contribution in [2.75, 3.05) is 32.7 Å². The maximum Gasteiger partial charge on any atom is 0.243 e. The number of hydrogen-bond acceptors (Lipinski definition) is 4. The summed E-state index contributed by atoms with van der Waals surface area (Å²) in [5, 5.41) is 3.75. The van der Waals surface area contributed by atoms with Crippen molar-refractivity contribution >= 4 is 27.5 Å². The highest BCUT2D eigenvalue weighted by atomic mass is 35.5. The fourth-order valence-corrected chi connectivity index (χ4v) is 5.26. The van der Waals surface area contributed by atoms with Gasteiger partial charge < -0.3 is 10.2 Å². The number of piperazine rings is 1. The fourth-order valence-electron chi connectivity index (χ4n) is 3.54. The van der Waals surface area contributed by atoms with Crippen molar-refractivity contribution in [1.29, 1.82) is 0 Å². The zero-order valence-corrected chi connectivity index (χ0v) is 15.9. The Morgan fingerprint density at radius 3 is 2.60 bits per heavy atom. The van der Waals surface area contributed by atoms with Gasteiger partial charge in [0.25, 0.3) is 0 Å². The molecule has 0 bridgehead atoms. The van der Waals surface area contributed by atoms with Crippen LogP contribution < -0.4 is 5.32 Å². The van der Waals surface area contributed by atoms with Gasteiger partial charge in [-0.25, -0.2) is 8.42 Å². The van der Waals surface area contributed by atoms with E-state index in [1.807, 2.05) is 4.90 Å². The molecule has 2 atom stereocenters. The SMILES string of the molecule is C[C@H]1C[C@@H](C(=O)N2CCN(S(=O)(=O)c3cccc(Cl)c3)CC2)CCN1. The molecule has 138 valence electrons. The molecule has 25 heavy (non-hydrogen) atoms. The van der Waals surface area contributed by atoms with Crippen molar-refractivity contribution < 1.29 is 13.2 Å². The Bertz CT molecular complexity index is 732. The lowest BCUT2D eigenvalue weighted by Gasteiger charge is -2.37. The minimum Gasteiger partial charge on any atom is -0.340 e. The summed E-state index contributed by atoms with van der Waals surface area (Å²) in [5.74, 6) is 0.209. The lowest BCUT2D eigenvalue weighted by Crippen LogP contribution is -2.53. The van der Waals surface area contributed by atoms with Crippen LogP contribution in [0.1, 0.15) is 19.8 Å². The van der Waals surface area contributed by atoms with E-state index < -0.39 is 10.0 Å². The predicted molar refractivity (Wildman–Crippen MR) is 97.0 cm³/mol. The van der Waals surface area contributed by atoms with Crippen molar-refractivity contribution in [3.8, 4) is 0 Å². The minimum absolute atomic E-state index is 0.0485. The van der Waals surface area contributed by atoms with Crippen LogP contribution in [0.4, 0.5) is 0 Å². The molecule has 8 heteroatoms. The van der Waals surface area contributed by atoms with E-state index in [2.05, 4.69) is 12.2 Å². The van der Waals surface area contributed by atoms with E-state index in [-0.39, 0.29) is 16.7 Å². The second-order valence-electron chi connectivity index (χ2n) is 6.76. The van der Waals surface area contributed by atoms with Crippen LogP contribution in [-0.2, 0) is 14.8 Å². The van der Waals surface area contributed by atoms with E-state index in [1.165, 1.54) is 10.4 Å². The van der Waals surface area contributed by atoms with E-state index in [9.17, 15) is 13.2 Å². The first-order chi connectivity index (χ1) is 11.9. The molecule has 1 aromatic carbocycles. The van der Waals surface area contributed by atoms with Gasteiger partial charge in [-0.05, 0) is 44.5 Å². The number of carbonyl (C=O) groups is 1. The van der Waals surface area contributed by atoms with E-state index >= 15 is 0 Å². The molecule has 2 aliphatic heterocycles. The Hall–Kier alpha value is -1.15. The average molecular weight is 386 g/mol. The van der Waals surface area contributed by atoms with Gasteiger partial charge in [-0.2, -0.15) is 4.31 Å². The van der Waals surface area contributed by atoms with Crippen molar-refractivity contribution in [2.24, 2.45) is 5.92 Å².